The predicted octanol–water partition coefficient (Wildman–Crippen LogP) is -0.287. The van der Waals surface area contributed by atoms with Crippen LogP contribution < -0.4 is 10.9 Å². The van der Waals surface area contributed by atoms with Crippen LogP contribution in [0.1, 0.15) is 17.0 Å². The van der Waals surface area contributed by atoms with Gasteiger partial charge in [-0.1, -0.05) is 0 Å². The van der Waals surface area contributed by atoms with Crippen molar-refractivity contribution in [2.45, 2.75) is 26.4 Å². The van der Waals surface area contributed by atoms with Crippen LogP contribution >= 0.6 is 0 Å². The van der Waals surface area contributed by atoms with Crippen LogP contribution in [0.15, 0.2) is 17.3 Å². The van der Waals surface area contributed by atoms with Crippen molar-refractivity contribution in [1.29, 1.82) is 0 Å². The molecule has 0 aromatic carbocycles. The zero-order valence-corrected chi connectivity index (χ0v) is 12.1. The lowest BCUT2D eigenvalue weighted by Crippen LogP contribution is -2.27. The van der Waals surface area contributed by atoms with Gasteiger partial charge in [-0.25, -0.2) is 4.98 Å². The molecule has 21 heavy (non-hydrogen) atoms. The fraction of sp³-hybridized carbons (Fsp3) is 0.462. The van der Waals surface area contributed by atoms with Gasteiger partial charge in [-0.2, -0.15) is 0 Å². The van der Waals surface area contributed by atoms with E-state index in [1.54, 1.807) is 26.6 Å². The molecule has 2 rings (SSSR count). The van der Waals surface area contributed by atoms with Crippen LogP contribution in [0.4, 0.5) is 0 Å². The fourth-order valence-corrected chi connectivity index (χ4v) is 1.98. The summed E-state index contributed by atoms with van der Waals surface area (Å²) in [6.45, 7) is 3.37. The van der Waals surface area contributed by atoms with Crippen molar-refractivity contribution in [2.24, 2.45) is 0 Å². The van der Waals surface area contributed by atoms with Gasteiger partial charge in [0.15, 0.2) is 0 Å². The first-order valence-corrected chi connectivity index (χ1v) is 6.62. The number of aromatic amines is 2. The highest BCUT2D eigenvalue weighted by atomic mass is 16.5. The van der Waals surface area contributed by atoms with E-state index in [0.29, 0.717) is 31.0 Å². The molecule has 8 nitrogen and oxygen atoms in total. The second kappa shape index (κ2) is 6.89. The number of aromatic nitrogens is 4. The summed E-state index contributed by atoms with van der Waals surface area (Å²) >= 11 is 0. The Labute approximate surface area is 121 Å². The van der Waals surface area contributed by atoms with Crippen molar-refractivity contribution >= 4 is 5.91 Å². The Morgan fingerprint density at radius 2 is 2.29 bits per heavy atom. The molecule has 0 unspecified atom stereocenters. The number of rotatable bonds is 7. The number of nitrogens with zero attached hydrogens (tertiary/aromatic N) is 2. The first kappa shape index (κ1) is 15.0. The number of hydrogen-bond acceptors (Lipinski definition) is 4. The van der Waals surface area contributed by atoms with E-state index >= 15 is 0 Å². The molecule has 114 valence electrons. The highest BCUT2D eigenvalue weighted by molar-refractivity contribution is 5.78. The third-order valence-corrected chi connectivity index (χ3v) is 3.23. The smallest absolute Gasteiger partial charge is 0.267 e. The lowest BCUT2D eigenvalue weighted by Gasteiger charge is -2.08. The Kier molecular flexibility index (Phi) is 4.94. The van der Waals surface area contributed by atoms with E-state index in [4.69, 9.17) is 4.74 Å². The highest BCUT2D eigenvalue weighted by Crippen LogP contribution is 2.01. The number of H-pyrrole nitrogens is 2. The van der Waals surface area contributed by atoms with Crippen molar-refractivity contribution in [3.05, 3.63) is 39.8 Å². The van der Waals surface area contributed by atoms with Gasteiger partial charge in [0.1, 0.15) is 0 Å². The lowest BCUT2D eigenvalue weighted by molar-refractivity contribution is -0.120. The van der Waals surface area contributed by atoms with Gasteiger partial charge in [0.2, 0.25) is 5.91 Å². The molecule has 0 saturated carbocycles. The standard InChI is InChI=1S/C13H19N5O3/c1-9-11(13(20)17-16-9)5-12(19)15-7-10-6-14-8-18(10)3-4-21-2/h6,8H,3-5,7H2,1-2H3,(H,15,19)(H2,16,17,20). The normalized spacial score (nSPS) is 10.8. The number of ether oxygens (including phenoxy) is 1. The Morgan fingerprint density at radius 3 is 2.95 bits per heavy atom. The molecular weight excluding hydrogens is 274 g/mol. The van der Waals surface area contributed by atoms with Crippen LogP contribution in [0.5, 0.6) is 0 Å². The number of amides is 1. The van der Waals surface area contributed by atoms with Crippen LogP contribution in [0, 0.1) is 6.92 Å². The molecule has 0 aliphatic rings. The minimum absolute atomic E-state index is 0.0525. The van der Waals surface area contributed by atoms with Crippen molar-refractivity contribution in [3.63, 3.8) is 0 Å². The van der Waals surface area contributed by atoms with Crippen molar-refractivity contribution < 1.29 is 9.53 Å². The summed E-state index contributed by atoms with van der Waals surface area (Å²) in [4.78, 5) is 27.4. The van der Waals surface area contributed by atoms with Crippen molar-refractivity contribution in [1.82, 2.24) is 25.1 Å². The molecule has 2 aromatic rings. The van der Waals surface area contributed by atoms with Crippen LogP contribution in [0.2, 0.25) is 0 Å². The van der Waals surface area contributed by atoms with Gasteiger partial charge in [0.05, 0.1) is 31.6 Å². The molecule has 2 aromatic heterocycles. The van der Waals surface area contributed by atoms with E-state index in [0.717, 1.165) is 5.69 Å². The SMILES string of the molecule is COCCn1cncc1CNC(=O)Cc1c(C)[nH][nH]c1=O. The van der Waals surface area contributed by atoms with Crippen LogP contribution in [-0.4, -0.2) is 39.4 Å². The molecule has 2 heterocycles. The molecule has 0 bridgehead atoms. The Hall–Kier alpha value is -2.35. The Bertz CT molecular complexity index is 655. The van der Waals surface area contributed by atoms with Gasteiger partial charge in [-0.15, -0.1) is 0 Å². The Balaban J connectivity index is 1.90. The predicted molar refractivity (Wildman–Crippen MR) is 75.8 cm³/mol. The minimum atomic E-state index is -0.257. The van der Waals surface area contributed by atoms with Crippen molar-refractivity contribution in [3.8, 4) is 0 Å². The van der Waals surface area contributed by atoms with Crippen LogP contribution in [-0.2, 0) is 29.0 Å². The van der Waals surface area contributed by atoms with Crippen LogP contribution in [0.25, 0.3) is 0 Å². The second-order valence-corrected chi connectivity index (χ2v) is 4.71. The largest absolute Gasteiger partial charge is 0.383 e. The first-order chi connectivity index (χ1) is 10.1. The summed E-state index contributed by atoms with van der Waals surface area (Å²) in [6.07, 6.45) is 3.45. The number of methoxy groups -OCH3 is 1. The summed E-state index contributed by atoms with van der Waals surface area (Å²) in [6, 6.07) is 0. The maximum absolute atomic E-state index is 11.9. The summed E-state index contributed by atoms with van der Waals surface area (Å²) < 4.78 is 6.93. The topological polar surface area (TPSA) is 105 Å². The third kappa shape index (κ3) is 3.82. The van der Waals surface area contributed by atoms with E-state index in [1.807, 2.05) is 4.57 Å². The van der Waals surface area contributed by atoms with Crippen molar-refractivity contribution in [2.75, 3.05) is 13.7 Å². The number of nitrogens with one attached hydrogen (secondary N) is 3. The zero-order chi connectivity index (χ0) is 15.2. The summed E-state index contributed by atoms with van der Waals surface area (Å²) in [7, 11) is 1.63. The summed E-state index contributed by atoms with van der Waals surface area (Å²) in [5.41, 5.74) is 1.77. The van der Waals surface area contributed by atoms with Gasteiger partial charge in [0, 0.05) is 31.1 Å². The summed E-state index contributed by atoms with van der Waals surface area (Å²) in [5, 5.41) is 7.94. The summed E-state index contributed by atoms with van der Waals surface area (Å²) in [5.74, 6) is -0.206. The van der Waals surface area contributed by atoms with E-state index in [9.17, 15) is 9.59 Å². The van der Waals surface area contributed by atoms with Gasteiger partial charge < -0.3 is 19.7 Å². The van der Waals surface area contributed by atoms with E-state index in [2.05, 4.69) is 20.5 Å². The number of carbonyl (C=O) groups excluding carboxylic acids is 1. The lowest BCUT2D eigenvalue weighted by atomic mass is 10.2. The first-order valence-electron chi connectivity index (χ1n) is 6.62. The molecule has 0 saturated heterocycles. The molecule has 1 amide bonds. The Morgan fingerprint density at radius 1 is 1.48 bits per heavy atom. The van der Waals surface area contributed by atoms with Gasteiger partial charge in [-0.05, 0) is 6.92 Å². The average molecular weight is 293 g/mol. The van der Waals surface area contributed by atoms with Gasteiger partial charge in [0.25, 0.3) is 5.56 Å². The fourth-order valence-electron chi connectivity index (χ4n) is 1.98. The molecule has 0 aliphatic carbocycles. The molecule has 0 spiro atoms. The van der Waals surface area contributed by atoms with E-state index in [-0.39, 0.29) is 17.9 Å². The molecule has 0 fully saturated rings. The number of hydrogen-bond donors (Lipinski definition) is 3. The highest BCUT2D eigenvalue weighted by Gasteiger charge is 2.12. The molecule has 3 N–H and O–H groups in total. The molecule has 0 radical (unpaired) electrons. The van der Waals surface area contributed by atoms with Gasteiger partial charge in [-0.3, -0.25) is 14.7 Å². The maximum atomic E-state index is 11.9. The molecule has 8 heteroatoms. The maximum Gasteiger partial charge on any atom is 0.267 e. The molecular formula is C13H19N5O3. The minimum Gasteiger partial charge on any atom is -0.383 e. The number of aryl methyl sites for hydroxylation is 1. The molecule has 0 aliphatic heterocycles. The monoisotopic (exact) mass is 293 g/mol. The molecule has 0 atom stereocenters. The number of carbonyl (C=O) groups is 1. The number of imidazole rings is 1. The zero-order valence-electron chi connectivity index (χ0n) is 12.1. The third-order valence-electron chi connectivity index (χ3n) is 3.23. The van der Waals surface area contributed by atoms with E-state index in [1.165, 1.54) is 0 Å². The average Bonchev–Trinajstić information content (AvgIpc) is 3.04. The second-order valence-electron chi connectivity index (χ2n) is 4.71. The van der Waals surface area contributed by atoms with E-state index < -0.39 is 0 Å². The van der Waals surface area contributed by atoms with Crippen LogP contribution in [0.3, 0.4) is 0 Å². The quantitative estimate of drug-likeness (QED) is 0.652. The van der Waals surface area contributed by atoms with Gasteiger partial charge >= 0.3 is 0 Å².